The van der Waals surface area contributed by atoms with Gasteiger partial charge >= 0.3 is 0 Å². The van der Waals surface area contributed by atoms with Crippen molar-refractivity contribution in [2.24, 2.45) is 12.0 Å². The highest BCUT2D eigenvalue weighted by Crippen LogP contribution is 2.17. The normalized spacial score (nSPS) is 14.7. The van der Waals surface area contributed by atoms with Gasteiger partial charge in [0.25, 0.3) is 0 Å². The fourth-order valence-electron chi connectivity index (χ4n) is 3.99. The van der Waals surface area contributed by atoms with Crippen LogP contribution in [0.1, 0.15) is 19.2 Å². The number of hydrogen-bond donors (Lipinski definition) is 1. The molecule has 10 heteroatoms. The second-order valence-corrected chi connectivity index (χ2v) is 7.73. The zero-order chi connectivity index (χ0) is 21.8. The van der Waals surface area contributed by atoms with E-state index in [1.807, 2.05) is 50.2 Å². The third-order valence-electron chi connectivity index (χ3n) is 5.50. The molecule has 1 fully saturated rings. The van der Waals surface area contributed by atoms with Gasteiger partial charge in [0, 0.05) is 46.0 Å². The molecule has 0 bridgehead atoms. The van der Waals surface area contributed by atoms with E-state index in [0.717, 1.165) is 54.6 Å². The molecule has 32 heavy (non-hydrogen) atoms. The summed E-state index contributed by atoms with van der Waals surface area (Å²) in [5.41, 5.74) is 3.03. The third-order valence-corrected chi connectivity index (χ3v) is 5.50. The molecule has 1 N–H and O–H groups in total. The Morgan fingerprint density at radius 1 is 1.25 bits per heavy atom. The van der Waals surface area contributed by atoms with Gasteiger partial charge in [0.1, 0.15) is 12.4 Å². The van der Waals surface area contributed by atoms with E-state index >= 15 is 0 Å². The predicted molar refractivity (Wildman–Crippen MR) is 138 cm³/mol. The van der Waals surface area contributed by atoms with E-state index in [2.05, 4.69) is 26.0 Å². The number of carbonyl (C=O) groups is 1. The van der Waals surface area contributed by atoms with Crippen LogP contribution in [0.3, 0.4) is 0 Å². The third kappa shape index (κ3) is 5.22. The van der Waals surface area contributed by atoms with Crippen molar-refractivity contribution < 1.29 is 4.79 Å². The summed E-state index contributed by atoms with van der Waals surface area (Å²) in [7, 11) is 1.86. The second-order valence-electron chi connectivity index (χ2n) is 7.73. The number of rotatable bonds is 6. The molecule has 3 heterocycles. The molecule has 0 saturated carbocycles. The van der Waals surface area contributed by atoms with Crippen molar-refractivity contribution in [3.63, 3.8) is 0 Å². The Kier molecular flexibility index (Phi) is 8.10. The quantitative estimate of drug-likeness (QED) is 0.221. The van der Waals surface area contributed by atoms with Crippen molar-refractivity contribution in [3.05, 3.63) is 42.5 Å². The number of hydrogen-bond acceptors (Lipinski definition) is 4. The Hall–Kier alpha value is -2.63. The van der Waals surface area contributed by atoms with Gasteiger partial charge in [0.05, 0.1) is 22.9 Å². The van der Waals surface area contributed by atoms with Gasteiger partial charge in [0.15, 0.2) is 5.96 Å². The summed E-state index contributed by atoms with van der Waals surface area (Å²) in [6.07, 6.45) is 4.50. The molecule has 2 aromatic heterocycles. The van der Waals surface area contributed by atoms with Crippen molar-refractivity contribution in [2.45, 2.75) is 26.8 Å². The number of nitrogens with zero attached hydrogens (tertiary/aromatic N) is 7. The summed E-state index contributed by atoms with van der Waals surface area (Å²) in [5, 5.41) is 7.51. The molecular formula is C22H31IN8O. The molecule has 0 atom stereocenters. The summed E-state index contributed by atoms with van der Waals surface area (Å²) in [6.45, 7) is 8.07. The van der Waals surface area contributed by atoms with Gasteiger partial charge in [-0.2, -0.15) is 5.10 Å². The number of amides is 1. The van der Waals surface area contributed by atoms with Crippen LogP contribution in [0.15, 0.2) is 41.7 Å². The Morgan fingerprint density at radius 2 is 2.06 bits per heavy atom. The Balaban J connectivity index is 0.00000289. The Morgan fingerprint density at radius 3 is 2.78 bits per heavy atom. The molecule has 1 aliphatic rings. The van der Waals surface area contributed by atoms with Crippen molar-refractivity contribution in [3.8, 4) is 0 Å². The monoisotopic (exact) mass is 550 g/mol. The van der Waals surface area contributed by atoms with Crippen LogP contribution in [0, 0.1) is 6.92 Å². The lowest BCUT2D eigenvalue weighted by molar-refractivity contribution is -0.120. The molecular weight excluding hydrogens is 519 g/mol. The lowest BCUT2D eigenvalue weighted by atomic mass is 10.3. The van der Waals surface area contributed by atoms with E-state index in [9.17, 15) is 4.79 Å². The lowest BCUT2D eigenvalue weighted by Gasteiger charge is -2.35. The summed E-state index contributed by atoms with van der Waals surface area (Å²) in [4.78, 5) is 26.0. The maximum atomic E-state index is 12.7. The average Bonchev–Trinajstić information content (AvgIpc) is 3.32. The second kappa shape index (κ2) is 10.8. The minimum atomic E-state index is 0. The van der Waals surface area contributed by atoms with Gasteiger partial charge in [-0.15, -0.1) is 24.0 Å². The van der Waals surface area contributed by atoms with Gasteiger partial charge in [-0.25, -0.2) is 4.98 Å². The molecule has 9 nitrogen and oxygen atoms in total. The van der Waals surface area contributed by atoms with Crippen molar-refractivity contribution in [2.75, 3.05) is 37.6 Å². The highest BCUT2D eigenvalue weighted by Gasteiger charge is 2.27. The number of para-hydroxylation sites is 2. The minimum Gasteiger partial charge on any atom is -0.357 e. The molecule has 0 aliphatic carbocycles. The molecule has 172 valence electrons. The number of aromatic nitrogens is 4. The maximum absolute atomic E-state index is 12.7. The number of benzene rings is 1. The van der Waals surface area contributed by atoms with Crippen LogP contribution in [0.4, 0.5) is 5.69 Å². The first-order chi connectivity index (χ1) is 15.1. The topological polar surface area (TPSA) is 83.6 Å². The Labute approximate surface area is 205 Å². The van der Waals surface area contributed by atoms with E-state index in [4.69, 9.17) is 4.99 Å². The number of piperazine rings is 1. The number of halogens is 1. The van der Waals surface area contributed by atoms with Crippen LogP contribution in [-0.2, 0) is 18.4 Å². The number of fused-ring (bicyclic) bond motifs is 1. The number of anilines is 1. The summed E-state index contributed by atoms with van der Waals surface area (Å²) >= 11 is 0. The summed E-state index contributed by atoms with van der Waals surface area (Å²) in [5.74, 6) is 1.88. The number of aliphatic imine (C=N–C) groups is 1. The largest absolute Gasteiger partial charge is 0.357 e. The number of guanidine groups is 1. The van der Waals surface area contributed by atoms with Crippen LogP contribution in [0.5, 0.6) is 0 Å². The van der Waals surface area contributed by atoms with E-state index in [1.165, 1.54) is 0 Å². The summed E-state index contributed by atoms with van der Waals surface area (Å²) in [6, 6.07) is 8.21. The van der Waals surface area contributed by atoms with Gasteiger partial charge in [-0.05, 0) is 32.4 Å². The first-order valence-corrected chi connectivity index (χ1v) is 10.8. The highest BCUT2D eigenvalue weighted by molar-refractivity contribution is 14.0. The number of carbonyl (C=O) groups excluding carboxylic acids is 1. The standard InChI is InChI=1S/C22H30N8O.HI/c1-4-23-22(28-12-13-30(21(31)16-28)18-14-25-27(3)15-18)24-10-7-11-29-17(2)26-19-8-5-6-9-20(19)29;/h5-6,8-9,14-15H,4,7,10-13,16H2,1-3H3,(H,23,24);1H. The molecule has 0 unspecified atom stereocenters. The first kappa shape index (κ1) is 24.0. The van der Waals surface area contributed by atoms with Gasteiger partial charge in [-0.1, -0.05) is 12.1 Å². The number of nitrogens with one attached hydrogen (secondary N) is 1. The summed E-state index contributed by atoms with van der Waals surface area (Å²) < 4.78 is 3.96. The molecule has 1 aromatic carbocycles. The maximum Gasteiger partial charge on any atom is 0.246 e. The van der Waals surface area contributed by atoms with E-state index in [-0.39, 0.29) is 29.9 Å². The molecule has 4 rings (SSSR count). The fraction of sp³-hybridized carbons (Fsp3) is 0.455. The number of aryl methyl sites for hydroxylation is 3. The van der Waals surface area contributed by atoms with Crippen LogP contribution in [0.25, 0.3) is 11.0 Å². The number of imidazole rings is 1. The van der Waals surface area contributed by atoms with E-state index < -0.39 is 0 Å². The van der Waals surface area contributed by atoms with Crippen LogP contribution in [0.2, 0.25) is 0 Å². The van der Waals surface area contributed by atoms with Crippen LogP contribution in [-0.4, -0.2) is 68.8 Å². The van der Waals surface area contributed by atoms with Gasteiger partial charge in [-0.3, -0.25) is 14.5 Å². The highest BCUT2D eigenvalue weighted by atomic mass is 127. The lowest BCUT2D eigenvalue weighted by Crippen LogP contribution is -2.55. The zero-order valence-electron chi connectivity index (χ0n) is 18.9. The van der Waals surface area contributed by atoms with Crippen LogP contribution < -0.4 is 10.2 Å². The molecule has 1 saturated heterocycles. The van der Waals surface area contributed by atoms with E-state index in [1.54, 1.807) is 15.8 Å². The molecule has 0 spiro atoms. The van der Waals surface area contributed by atoms with Crippen molar-refractivity contribution in [1.29, 1.82) is 0 Å². The van der Waals surface area contributed by atoms with Gasteiger partial charge in [0.2, 0.25) is 5.91 Å². The molecule has 3 aromatic rings. The smallest absolute Gasteiger partial charge is 0.246 e. The zero-order valence-corrected chi connectivity index (χ0v) is 21.2. The fourth-order valence-corrected chi connectivity index (χ4v) is 3.99. The van der Waals surface area contributed by atoms with Crippen LogP contribution >= 0.6 is 24.0 Å². The van der Waals surface area contributed by atoms with E-state index in [0.29, 0.717) is 19.6 Å². The minimum absolute atomic E-state index is 0. The molecule has 1 amide bonds. The van der Waals surface area contributed by atoms with Crippen molar-refractivity contribution >= 4 is 52.6 Å². The first-order valence-electron chi connectivity index (χ1n) is 10.8. The van der Waals surface area contributed by atoms with Gasteiger partial charge < -0.3 is 19.7 Å². The molecule has 0 radical (unpaired) electrons. The SMILES string of the molecule is CCNC(=NCCCn1c(C)nc2ccccc21)N1CCN(c2cnn(C)c2)C(=O)C1.I. The predicted octanol–water partition coefficient (Wildman–Crippen LogP) is 2.40. The molecule has 1 aliphatic heterocycles. The van der Waals surface area contributed by atoms with Crippen molar-refractivity contribution in [1.82, 2.24) is 29.5 Å². The average molecular weight is 550 g/mol. The Bertz CT molecular complexity index is 1090.